The van der Waals surface area contributed by atoms with Crippen LogP contribution in [0.4, 0.5) is 0 Å². The normalized spacial score (nSPS) is 32.7. The molecule has 1 saturated carbocycles. The Labute approximate surface area is 102 Å². The van der Waals surface area contributed by atoms with Crippen LogP contribution in [-0.4, -0.2) is 12.1 Å². The van der Waals surface area contributed by atoms with E-state index in [1.807, 2.05) is 6.07 Å². The SMILES string of the molecule is O=C1C[C@H](c2ccccc2)[C@H]2CCCC[C@H]2O1. The van der Waals surface area contributed by atoms with Crippen molar-refractivity contribution >= 4 is 5.97 Å². The molecule has 0 unspecified atom stereocenters. The summed E-state index contributed by atoms with van der Waals surface area (Å²) in [7, 11) is 0. The molecule has 2 aliphatic rings. The Hall–Kier alpha value is -1.31. The number of hydrogen-bond donors (Lipinski definition) is 0. The average molecular weight is 230 g/mol. The van der Waals surface area contributed by atoms with Gasteiger partial charge in [-0.25, -0.2) is 0 Å². The van der Waals surface area contributed by atoms with Crippen molar-refractivity contribution in [2.24, 2.45) is 5.92 Å². The van der Waals surface area contributed by atoms with E-state index in [0.29, 0.717) is 18.3 Å². The Balaban J connectivity index is 1.88. The summed E-state index contributed by atoms with van der Waals surface area (Å²) in [5.74, 6) is 0.911. The third-order valence-corrected chi connectivity index (χ3v) is 4.17. The maximum atomic E-state index is 11.7. The van der Waals surface area contributed by atoms with E-state index in [2.05, 4.69) is 24.3 Å². The molecule has 0 radical (unpaired) electrons. The van der Waals surface area contributed by atoms with E-state index in [1.165, 1.54) is 24.8 Å². The third-order valence-electron chi connectivity index (χ3n) is 4.17. The van der Waals surface area contributed by atoms with Gasteiger partial charge >= 0.3 is 5.97 Å². The van der Waals surface area contributed by atoms with Gasteiger partial charge in [-0.2, -0.15) is 0 Å². The monoisotopic (exact) mass is 230 g/mol. The maximum absolute atomic E-state index is 11.7. The number of carbonyl (C=O) groups is 1. The van der Waals surface area contributed by atoms with Crippen LogP contribution < -0.4 is 0 Å². The molecule has 1 heterocycles. The zero-order chi connectivity index (χ0) is 11.7. The lowest BCUT2D eigenvalue weighted by molar-refractivity contribution is -0.162. The van der Waals surface area contributed by atoms with E-state index < -0.39 is 0 Å². The first-order chi connectivity index (χ1) is 8.34. The summed E-state index contributed by atoms with van der Waals surface area (Å²) in [5.41, 5.74) is 1.31. The summed E-state index contributed by atoms with van der Waals surface area (Å²) < 4.78 is 5.50. The quantitative estimate of drug-likeness (QED) is 0.692. The molecule has 0 amide bonds. The Morgan fingerprint density at radius 1 is 1.06 bits per heavy atom. The molecule has 2 heteroatoms. The van der Waals surface area contributed by atoms with Crippen LogP contribution in [0.5, 0.6) is 0 Å². The minimum atomic E-state index is -0.0120. The molecule has 1 aliphatic heterocycles. The van der Waals surface area contributed by atoms with Crippen molar-refractivity contribution in [2.45, 2.75) is 44.1 Å². The summed E-state index contributed by atoms with van der Waals surface area (Å²) in [5, 5.41) is 0. The molecule has 2 nitrogen and oxygen atoms in total. The predicted octanol–water partition coefficient (Wildman–Crippen LogP) is 3.28. The second-order valence-corrected chi connectivity index (χ2v) is 5.20. The Kier molecular flexibility index (Phi) is 2.87. The molecule has 1 aromatic rings. The number of rotatable bonds is 1. The number of benzene rings is 1. The van der Waals surface area contributed by atoms with Gasteiger partial charge in [0.2, 0.25) is 0 Å². The molecule has 0 spiro atoms. The highest BCUT2D eigenvalue weighted by Crippen LogP contribution is 2.43. The van der Waals surface area contributed by atoms with Crippen molar-refractivity contribution in [2.75, 3.05) is 0 Å². The Bertz CT molecular complexity index is 399. The van der Waals surface area contributed by atoms with Crippen LogP contribution in [0.3, 0.4) is 0 Å². The van der Waals surface area contributed by atoms with Crippen LogP contribution in [0.1, 0.15) is 43.6 Å². The largest absolute Gasteiger partial charge is 0.462 e. The molecule has 3 rings (SSSR count). The second-order valence-electron chi connectivity index (χ2n) is 5.20. The van der Waals surface area contributed by atoms with Gasteiger partial charge in [-0.15, -0.1) is 0 Å². The highest BCUT2D eigenvalue weighted by molar-refractivity contribution is 5.72. The minimum absolute atomic E-state index is 0.0120. The molecule has 3 atom stereocenters. The summed E-state index contributed by atoms with van der Waals surface area (Å²) >= 11 is 0. The summed E-state index contributed by atoms with van der Waals surface area (Å²) in [6, 6.07) is 10.5. The van der Waals surface area contributed by atoms with Gasteiger partial charge < -0.3 is 4.74 Å². The van der Waals surface area contributed by atoms with Crippen molar-refractivity contribution in [1.29, 1.82) is 0 Å². The molecule has 0 aromatic heterocycles. The van der Waals surface area contributed by atoms with Crippen LogP contribution in [0.25, 0.3) is 0 Å². The molecule has 1 aromatic carbocycles. The number of carbonyl (C=O) groups excluding carboxylic acids is 1. The van der Waals surface area contributed by atoms with E-state index in [9.17, 15) is 4.79 Å². The van der Waals surface area contributed by atoms with E-state index >= 15 is 0 Å². The lowest BCUT2D eigenvalue weighted by Gasteiger charge is -2.40. The molecular weight excluding hydrogens is 212 g/mol. The lowest BCUT2D eigenvalue weighted by atomic mass is 9.72. The fourth-order valence-electron chi connectivity index (χ4n) is 3.35. The van der Waals surface area contributed by atoms with E-state index in [1.54, 1.807) is 0 Å². The zero-order valence-electron chi connectivity index (χ0n) is 9.97. The Morgan fingerprint density at radius 3 is 2.65 bits per heavy atom. The minimum Gasteiger partial charge on any atom is -0.462 e. The van der Waals surface area contributed by atoms with Gasteiger partial charge in [0.05, 0.1) is 6.42 Å². The summed E-state index contributed by atoms with van der Waals surface area (Å²) in [6.45, 7) is 0. The van der Waals surface area contributed by atoms with E-state index in [0.717, 1.165) is 6.42 Å². The molecule has 17 heavy (non-hydrogen) atoms. The fraction of sp³-hybridized carbons (Fsp3) is 0.533. The third kappa shape index (κ3) is 2.08. The van der Waals surface area contributed by atoms with Crippen LogP contribution in [-0.2, 0) is 9.53 Å². The molecule has 2 fully saturated rings. The first-order valence-corrected chi connectivity index (χ1v) is 6.59. The van der Waals surface area contributed by atoms with Crippen molar-refractivity contribution in [1.82, 2.24) is 0 Å². The van der Waals surface area contributed by atoms with Crippen molar-refractivity contribution in [3.8, 4) is 0 Å². The first-order valence-electron chi connectivity index (χ1n) is 6.59. The van der Waals surface area contributed by atoms with Gasteiger partial charge in [0.25, 0.3) is 0 Å². The Morgan fingerprint density at radius 2 is 1.82 bits per heavy atom. The van der Waals surface area contributed by atoms with Crippen LogP contribution in [0.15, 0.2) is 30.3 Å². The van der Waals surface area contributed by atoms with Crippen molar-refractivity contribution < 1.29 is 9.53 Å². The standard InChI is InChI=1S/C15H18O2/c16-15-10-13(11-6-2-1-3-7-11)12-8-4-5-9-14(12)17-15/h1-3,6-7,12-14H,4-5,8-10H2/t12-,13-,14-/m1/s1. The van der Waals surface area contributed by atoms with Crippen LogP contribution >= 0.6 is 0 Å². The fourth-order valence-corrected chi connectivity index (χ4v) is 3.35. The molecule has 1 saturated heterocycles. The molecule has 1 aliphatic carbocycles. The molecule has 0 N–H and O–H groups in total. The number of fused-ring (bicyclic) bond motifs is 1. The van der Waals surface area contributed by atoms with Gasteiger partial charge in [0.15, 0.2) is 0 Å². The van der Waals surface area contributed by atoms with Gasteiger partial charge in [0, 0.05) is 11.8 Å². The number of ether oxygens (including phenoxy) is 1. The topological polar surface area (TPSA) is 26.3 Å². The predicted molar refractivity (Wildman–Crippen MR) is 65.6 cm³/mol. The molecular formula is C15H18O2. The van der Waals surface area contributed by atoms with Gasteiger partial charge in [-0.1, -0.05) is 36.8 Å². The lowest BCUT2D eigenvalue weighted by Crippen LogP contribution is -2.39. The maximum Gasteiger partial charge on any atom is 0.306 e. The van der Waals surface area contributed by atoms with Crippen LogP contribution in [0, 0.1) is 5.92 Å². The van der Waals surface area contributed by atoms with Crippen molar-refractivity contribution in [3.05, 3.63) is 35.9 Å². The van der Waals surface area contributed by atoms with Gasteiger partial charge in [-0.05, 0) is 24.8 Å². The van der Waals surface area contributed by atoms with E-state index in [-0.39, 0.29) is 12.1 Å². The highest BCUT2D eigenvalue weighted by atomic mass is 16.5. The highest BCUT2D eigenvalue weighted by Gasteiger charge is 2.40. The first kappa shape index (κ1) is 10.8. The zero-order valence-corrected chi connectivity index (χ0v) is 9.97. The smallest absolute Gasteiger partial charge is 0.306 e. The van der Waals surface area contributed by atoms with E-state index in [4.69, 9.17) is 4.74 Å². The van der Waals surface area contributed by atoms with Gasteiger partial charge in [0.1, 0.15) is 6.10 Å². The molecule has 90 valence electrons. The van der Waals surface area contributed by atoms with Crippen LogP contribution in [0.2, 0.25) is 0 Å². The number of hydrogen-bond acceptors (Lipinski definition) is 2. The number of esters is 1. The summed E-state index contributed by atoms with van der Waals surface area (Å²) in [4.78, 5) is 11.7. The van der Waals surface area contributed by atoms with Crippen molar-refractivity contribution in [3.63, 3.8) is 0 Å². The summed E-state index contributed by atoms with van der Waals surface area (Å²) in [6.07, 6.45) is 5.48. The molecule has 0 bridgehead atoms. The second kappa shape index (κ2) is 4.52. The average Bonchev–Trinajstić information content (AvgIpc) is 2.39. The van der Waals surface area contributed by atoms with Gasteiger partial charge in [-0.3, -0.25) is 4.79 Å².